The molecule has 1 rings (SSSR count). The summed E-state index contributed by atoms with van der Waals surface area (Å²) in [5, 5.41) is 0. The molecule has 0 aliphatic carbocycles. The van der Waals surface area contributed by atoms with Gasteiger partial charge in [0.1, 0.15) is 0 Å². The Bertz CT molecular complexity index is 288. The van der Waals surface area contributed by atoms with Gasteiger partial charge in [0.05, 0.1) is 0 Å². The summed E-state index contributed by atoms with van der Waals surface area (Å²) >= 11 is 0. The molecule has 0 saturated heterocycles. The fraction of sp³-hybridized carbons (Fsp3) is 0.600. The van der Waals surface area contributed by atoms with Gasteiger partial charge in [0, 0.05) is 6.04 Å². The lowest BCUT2D eigenvalue weighted by molar-refractivity contribution is 0.326. The number of hydrogen-bond donors (Lipinski definition) is 0. The van der Waals surface area contributed by atoms with E-state index in [-0.39, 0.29) is 11.5 Å². The Balaban J connectivity index is 2.96. The van der Waals surface area contributed by atoms with Crippen LogP contribution in [0.15, 0.2) is 30.3 Å². The summed E-state index contributed by atoms with van der Waals surface area (Å²) in [5.41, 5.74) is 11.4. The molecule has 0 N–H and O–H groups in total. The lowest BCUT2D eigenvalue weighted by atomic mass is 9.71. The lowest BCUT2D eigenvalue weighted by Gasteiger charge is -2.34. The van der Waals surface area contributed by atoms with E-state index < -0.39 is 0 Å². The van der Waals surface area contributed by atoms with E-state index >= 15 is 0 Å². The fourth-order valence-corrected chi connectivity index (χ4v) is 2.45. The maximum absolute atomic E-state index is 9.92. The minimum atomic E-state index is -0.180. The van der Waals surface area contributed by atoms with Gasteiger partial charge in [-0.3, -0.25) is 0 Å². The van der Waals surface area contributed by atoms with Crippen LogP contribution in [0.2, 0.25) is 0 Å². The quantitative estimate of drug-likeness (QED) is 0.687. The molecular formula is C15H23N. The highest BCUT2D eigenvalue weighted by molar-refractivity contribution is 5.25. The topological polar surface area (TPSA) is 22.3 Å². The van der Waals surface area contributed by atoms with Gasteiger partial charge >= 0.3 is 0 Å². The summed E-state index contributed by atoms with van der Waals surface area (Å²) in [4.78, 5) is 0. The molecule has 16 heavy (non-hydrogen) atoms. The van der Waals surface area contributed by atoms with Crippen molar-refractivity contribution in [1.29, 1.82) is 0 Å². The monoisotopic (exact) mass is 217 g/mol. The first kappa shape index (κ1) is 13.2. The van der Waals surface area contributed by atoms with E-state index in [0.717, 1.165) is 25.7 Å². The lowest BCUT2D eigenvalue weighted by Crippen LogP contribution is -2.30. The first-order valence-electron chi connectivity index (χ1n) is 6.42. The number of rotatable bonds is 6. The van der Waals surface area contributed by atoms with Crippen molar-refractivity contribution in [2.45, 2.75) is 57.9 Å². The van der Waals surface area contributed by atoms with Crippen LogP contribution < -0.4 is 5.73 Å². The van der Waals surface area contributed by atoms with Crippen LogP contribution in [0.4, 0.5) is 0 Å². The van der Waals surface area contributed by atoms with Crippen molar-refractivity contribution in [3.63, 3.8) is 0 Å². The van der Waals surface area contributed by atoms with Crippen LogP contribution in [-0.2, 0) is 5.41 Å². The van der Waals surface area contributed by atoms with Crippen molar-refractivity contribution in [2.24, 2.45) is 0 Å². The molecule has 0 aliphatic heterocycles. The summed E-state index contributed by atoms with van der Waals surface area (Å²) in [6.07, 6.45) is 3.89. The molecule has 0 aromatic heterocycles. The highest BCUT2D eigenvalue weighted by Gasteiger charge is 2.30. The fourth-order valence-electron chi connectivity index (χ4n) is 2.45. The van der Waals surface area contributed by atoms with Crippen LogP contribution in [-0.4, -0.2) is 6.04 Å². The molecule has 1 aromatic carbocycles. The third-order valence-electron chi connectivity index (χ3n) is 3.84. The van der Waals surface area contributed by atoms with Crippen molar-refractivity contribution < 1.29 is 0 Å². The second-order valence-electron chi connectivity index (χ2n) is 4.62. The Morgan fingerprint density at radius 1 is 1.06 bits per heavy atom. The van der Waals surface area contributed by atoms with Crippen molar-refractivity contribution in [1.82, 2.24) is 5.73 Å². The maximum Gasteiger partial charge on any atom is 0.0439 e. The Morgan fingerprint density at radius 2 is 1.62 bits per heavy atom. The summed E-state index contributed by atoms with van der Waals surface area (Å²) in [6, 6.07) is 10.4. The predicted octanol–water partition coefficient (Wildman–Crippen LogP) is 3.98. The molecule has 1 atom stereocenters. The van der Waals surface area contributed by atoms with Gasteiger partial charge in [0.25, 0.3) is 0 Å². The summed E-state index contributed by atoms with van der Waals surface area (Å²) in [6.45, 7) is 6.49. The zero-order valence-electron chi connectivity index (χ0n) is 10.7. The maximum atomic E-state index is 9.92. The molecule has 88 valence electrons. The molecule has 0 heterocycles. The second-order valence-corrected chi connectivity index (χ2v) is 4.62. The highest BCUT2D eigenvalue weighted by atomic mass is 14.6. The molecule has 2 radical (unpaired) electrons. The standard InChI is InChI=1S/C15H23N/c1-4-14(16)12-15(5-2,6-3)13-10-8-7-9-11-13/h7-11,14H,4-6,12H2,1-3H3. The summed E-state index contributed by atoms with van der Waals surface area (Å²) < 4.78 is 0. The zero-order valence-corrected chi connectivity index (χ0v) is 10.7. The third-order valence-corrected chi connectivity index (χ3v) is 3.84. The molecule has 0 saturated carbocycles. The Hall–Kier alpha value is -0.820. The van der Waals surface area contributed by atoms with Crippen LogP contribution in [0.25, 0.3) is 0 Å². The largest absolute Gasteiger partial charge is 0.141 e. The highest BCUT2D eigenvalue weighted by Crippen LogP contribution is 2.36. The summed E-state index contributed by atoms with van der Waals surface area (Å²) in [7, 11) is 0. The van der Waals surface area contributed by atoms with Crippen LogP contribution in [0.3, 0.4) is 0 Å². The molecule has 1 nitrogen and oxygen atoms in total. The van der Waals surface area contributed by atoms with Crippen molar-refractivity contribution in [2.75, 3.05) is 0 Å². The van der Waals surface area contributed by atoms with Gasteiger partial charge in [-0.15, -0.1) is 5.73 Å². The molecule has 0 bridgehead atoms. The van der Waals surface area contributed by atoms with Crippen LogP contribution >= 0.6 is 0 Å². The van der Waals surface area contributed by atoms with Gasteiger partial charge < -0.3 is 0 Å². The first-order chi connectivity index (χ1) is 7.68. The third kappa shape index (κ3) is 2.85. The average molecular weight is 217 g/mol. The number of hydrogen-bond acceptors (Lipinski definition) is 0. The van der Waals surface area contributed by atoms with Crippen molar-refractivity contribution in [3.05, 3.63) is 35.9 Å². The van der Waals surface area contributed by atoms with Gasteiger partial charge in [-0.05, 0) is 36.7 Å². The SMILES string of the molecule is CCC([N])CC(CC)(CC)c1ccccc1. The van der Waals surface area contributed by atoms with E-state index in [9.17, 15) is 5.73 Å². The molecule has 1 unspecified atom stereocenters. The molecule has 0 fully saturated rings. The van der Waals surface area contributed by atoms with Gasteiger partial charge in [-0.1, -0.05) is 51.1 Å². The Kier molecular flexibility index (Phi) is 5.01. The van der Waals surface area contributed by atoms with Crippen LogP contribution in [0.5, 0.6) is 0 Å². The number of benzene rings is 1. The Labute approximate surface area is 100 Å². The first-order valence-corrected chi connectivity index (χ1v) is 6.42. The molecule has 0 spiro atoms. The summed E-state index contributed by atoms with van der Waals surface area (Å²) in [5.74, 6) is 0. The van der Waals surface area contributed by atoms with E-state index in [1.54, 1.807) is 0 Å². The van der Waals surface area contributed by atoms with E-state index in [1.807, 2.05) is 6.92 Å². The molecule has 1 heteroatoms. The molecular weight excluding hydrogens is 194 g/mol. The van der Waals surface area contributed by atoms with Gasteiger partial charge in [0.2, 0.25) is 0 Å². The predicted molar refractivity (Wildman–Crippen MR) is 69.5 cm³/mol. The van der Waals surface area contributed by atoms with Crippen LogP contribution in [0, 0.1) is 0 Å². The Morgan fingerprint density at radius 3 is 2.06 bits per heavy atom. The normalized spacial score (nSPS) is 13.8. The van der Waals surface area contributed by atoms with E-state index in [4.69, 9.17) is 0 Å². The molecule has 1 aromatic rings. The second kappa shape index (κ2) is 6.05. The van der Waals surface area contributed by atoms with Crippen molar-refractivity contribution in [3.8, 4) is 0 Å². The zero-order chi connectivity index (χ0) is 12.0. The minimum absolute atomic E-state index is 0.149. The minimum Gasteiger partial charge on any atom is -0.141 e. The van der Waals surface area contributed by atoms with Crippen molar-refractivity contribution >= 4 is 0 Å². The van der Waals surface area contributed by atoms with Gasteiger partial charge in [-0.2, -0.15) is 0 Å². The van der Waals surface area contributed by atoms with Gasteiger partial charge in [0.15, 0.2) is 0 Å². The van der Waals surface area contributed by atoms with Crippen LogP contribution in [0.1, 0.15) is 52.0 Å². The van der Waals surface area contributed by atoms with Gasteiger partial charge in [-0.25, -0.2) is 0 Å². The molecule has 0 aliphatic rings. The van der Waals surface area contributed by atoms with E-state index in [2.05, 4.69) is 44.2 Å². The smallest absolute Gasteiger partial charge is 0.0439 e. The molecule has 0 amide bonds. The average Bonchev–Trinajstić information content (AvgIpc) is 2.37. The van der Waals surface area contributed by atoms with E-state index in [0.29, 0.717) is 0 Å². The number of nitrogens with zero attached hydrogens (tertiary/aromatic N) is 1. The van der Waals surface area contributed by atoms with E-state index in [1.165, 1.54) is 5.56 Å².